The first-order valence-electron chi connectivity index (χ1n) is 7.52. The van der Waals surface area contributed by atoms with Gasteiger partial charge in [-0.15, -0.1) is 0 Å². The fourth-order valence-corrected chi connectivity index (χ4v) is 3.19. The lowest BCUT2D eigenvalue weighted by atomic mass is 9.93. The smallest absolute Gasteiger partial charge is 0.128 e. The highest BCUT2D eigenvalue weighted by Crippen LogP contribution is 2.26. The van der Waals surface area contributed by atoms with Gasteiger partial charge in [-0.25, -0.2) is 9.97 Å². The lowest BCUT2D eigenvalue weighted by molar-refractivity contribution is 0.253. The number of aromatic nitrogens is 2. The SMILES string of the molecule is CN1CCC(c2ccnc(CC3CCNC3)n2)CC1. The van der Waals surface area contributed by atoms with Gasteiger partial charge in [-0.2, -0.15) is 0 Å². The average Bonchev–Trinajstić information content (AvgIpc) is 2.93. The van der Waals surface area contributed by atoms with E-state index in [2.05, 4.69) is 28.3 Å². The van der Waals surface area contributed by atoms with Gasteiger partial charge in [0.2, 0.25) is 0 Å². The quantitative estimate of drug-likeness (QED) is 0.893. The maximum absolute atomic E-state index is 4.83. The molecule has 1 N–H and O–H groups in total. The van der Waals surface area contributed by atoms with Crippen LogP contribution in [0.3, 0.4) is 0 Å². The molecule has 0 amide bonds. The van der Waals surface area contributed by atoms with Crippen molar-refractivity contribution in [2.45, 2.75) is 31.6 Å². The molecule has 0 aliphatic carbocycles. The lowest BCUT2D eigenvalue weighted by Crippen LogP contribution is -2.29. The average molecular weight is 260 g/mol. The van der Waals surface area contributed by atoms with Gasteiger partial charge in [-0.05, 0) is 64.5 Å². The van der Waals surface area contributed by atoms with Gasteiger partial charge in [-0.1, -0.05) is 0 Å². The van der Waals surface area contributed by atoms with E-state index >= 15 is 0 Å². The van der Waals surface area contributed by atoms with E-state index in [4.69, 9.17) is 4.98 Å². The second-order valence-electron chi connectivity index (χ2n) is 6.04. The van der Waals surface area contributed by atoms with Crippen LogP contribution in [-0.2, 0) is 6.42 Å². The Kier molecular flexibility index (Phi) is 4.09. The van der Waals surface area contributed by atoms with Gasteiger partial charge < -0.3 is 10.2 Å². The zero-order valence-electron chi connectivity index (χ0n) is 11.8. The minimum Gasteiger partial charge on any atom is -0.316 e. The van der Waals surface area contributed by atoms with Crippen LogP contribution in [0.2, 0.25) is 0 Å². The molecule has 1 aromatic heterocycles. The van der Waals surface area contributed by atoms with E-state index in [9.17, 15) is 0 Å². The zero-order valence-corrected chi connectivity index (χ0v) is 11.8. The molecule has 0 saturated carbocycles. The number of likely N-dealkylation sites (tertiary alicyclic amines) is 1. The number of rotatable bonds is 3. The maximum atomic E-state index is 4.83. The molecule has 2 aliphatic heterocycles. The van der Waals surface area contributed by atoms with Crippen molar-refractivity contribution in [2.75, 3.05) is 33.2 Å². The molecule has 2 fully saturated rings. The van der Waals surface area contributed by atoms with E-state index in [-0.39, 0.29) is 0 Å². The van der Waals surface area contributed by atoms with Gasteiger partial charge in [0, 0.05) is 24.2 Å². The Labute approximate surface area is 115 Å². The van der Waals surface area contributed by atoms with Crippen molar-refractivity contribution in [3.8, 4) is 0 Å². The highest BCUT2D eigenvalue weighted by Gasteiger charge is 2.21. The van der Waals surface area contributed by atoms with E-state index < -0.39 is 0 Å². The Morgan fingerprint density at radius 1 is 1.32 bits per heavy atom. The highest BCUT2D eigenvalue weighted by molar-refractivity contribution is 5.10. The van der Waals surface area contributed by atoms with Crippen LogP contribution in [0.5, 0.6) is 0 Å². The molecular weight excluding hydrogens is 236 g/mol. The summed E-state index contributed by atoms with van der Waals surface area (Å²) in [5.41, 5.74) is 1.27. The third-order valence-corrected chi connectivity index (χ3v) is 4.50. The largest absolute Gasteiger partial charge is 0.316 e. The van der Waals surface area contributed by atoms with Crippen LogP contribution in [0, 0.1) is 5.92 Å². The summed E-state index contributed by atoms with van der Waals surface area (Å²) in [5, 5.41) is 3.41. The third-order valence-electron chi connectivity index (χ3n) is 4.50. The summed E-state index contributed by atoms with van der Waals surface area (Å²) in [6.45, 7) is 4.66. The fourth-order valence-electron chi connectivity index (χ4n) is 3.19. The van der Waals surface area contributed by atoms with Crippen LogP contribution < -0.4 is 5.32 Å². The van der Waals surface area contributed by atoms with E-state index in [1.54, 1.807) is 0 Å². The summed E-state index contributed by atoms with van der Waals surface area (Å²) in [6, 6.07) is 2.12. The summed E-state index contributed by atoms with van der Waals surface area (Å²) in [5.74, 6) is 2.41. The van der Waals surface area contributed by atoms with Crippen LogP contribution in [0.15, 0.2) is 12.3 Å². The van der Waals surface area contributed by atoms with Gasteiger partial charge in [0.25, 0.3) is 0 Å². The Bertz CT molecular complexity index is 406. The number of hydrogen-bond acceptors (Lipinski definition) is 4. The number of nitrogens with zero attached hydrogens (tertiary/aromatic N) is 3. The van der Waals surface area contributed by atoms with E-state index in [1.165, 1.54) is 38.0 Å². The first kappa shape index (κ1) is 13.0. The monoisotopic (exact) mass is 260 g/mol. The van der Waals surface area contributed by atoms with Gasteiger partial charge in [-0.3, -0.25) is 0 Å². The predicted octanol–water partition coefficient (Wildman–Crippen LogP) is 1.44. The molecular formula is C15H24N4. The van der Waals surface area contributed by atoms with Crippen molar-refractivity contribution >= 4 is 0 Å². The minimum absolute atomic E-state index is 0.639. The summed E-state index contributed by atoms with van der Waals surface area (Å²) < 4.78 is 0. The second kappa shape index (κ2) is 5.97. The van der Waals surface area contributed by atoms with Crippen molar-refractivity contribution in [1.82, 2.24) is 20.2 Å². The molecule has 0 aromatic carbocycles. The number of piperidine rings is 1. The lowest BCUT2D eigenvalue weighted by Gasteiger charge is -2.28. The number of hydrogen-bond donors (Lipinski definition) is 1. The topological polar surface area (TPSA) is 41.1 Å². The predicted molar refractivity (Wildman–Crippen MR) is 76.2 cm³/mol. The Morgan fingerprint density at radius 2 is 2.16 bits per heavy atom. The first-order valence-corrected chi connectivity index (χ1v) is 7.52. The van der Waals surface area contributed by atoms with Crippen molar-refractivity contribution in [3.05, 3.63) is 23.8 Å². The van der Waals surface area contributed by atoms with E-state index in [1.807, 2.05) is 6.20 Å². The van der Waals surface area contributed by atoms with Gasteiger partial charge in [0.05, 0.1) is 0 Å². The van der Waals surface area contributed by atoms with Crippen LogP contribution in [0.4, 0.5) is 0 Å². The molecule has 0 spiro atoms. The summed E-state index contributed by atoms with van der Waals surface area (Å²) in [4.78, 5) is 11.7. The molecule has 0 radical (unpaired) electrons. The Balaban J connectivity index is 1.65. The third kappa shape index (κ3) is 3.31. The van der Waals surface area contributed by atoms with Crippen molar-refractivity contribution < 1.29 is 0 Å². The summed E-state index contributed by atoms with van der Waals surface area (Å²) in [6.07, 6.45) is 6.73. The van der Waals surface area contributed by atoms with Crippen molar-refractivity contribution in [3.63, 3.8) is 0 Å². The molecule has 1 unspecified atom stereocenters. The van der Waals surface area contributed by atoms with E-state index in [0.717, 1.165) is 31.3 Å². The molecule has 2 aliphatic rings. The van der Waals surface area contributed by atoms with Gasteiger partial charge in [0.1, 0.15) is 5.82 Å². The molecule has 3 heterocycles. The maximum Gasteiger partial charge on any atom is 0.128 e. The van der Waals surface area contributed by atoms with Crippen LogP contribution >= 0.6 is 0 Å². The first-order chi connectivity index (χ1) is 9.31. The summed E-state index contributed by atoms with van der Waals surface area (Å²) >= 11 is 0. The second-order valence-corrected chi connectivity index (χ2v) is 6.04. The van der Waals surface area contributed by atoms with Crippen molar-refractivity contribution in [1.29, 1.82) is 0 Å². The van der Waals surface area contributed by atoms with Crippen LogP contribution in [0.1, 0.15) is 36.7 Å². The summed E-state index contributed by atoms with van der Waals surface area (Å²) in [7, 11) is 2.20. The van der Waals surface area contributed by atoms with Gasteiger partial charge >= 0.3 is 0 Å². The molecule has 104 valence electrons. The molecule has 3 rings (SSSR count). The standard InChI is InChI=1S/C15H24N4/c1-19-8-4-13(5-9-19)14-3-7-17-15(18-14)10-12-2-6-16-11-12/h3,7,12-13,16H,2,4-6,8-11H2,1H3. The molecule has 4 nitrogen and oxygen atoms in total. The molecule has 2 saturated heterocycles. The van der Waals surface area contributed by atoms with E-state index in [0.29, 0.717) is 5.92 Å². The van der Waals surface area contributed by atoms with Gasteiger partial charge in [0.15, 0.2) is 0 Å². The van der Waals surface area contributed by atoms with Crippen LogP contribution in [0.25, 0.3) is 0 Å². The molecule has 1 atom stereocenters. The minimum atomic E-state index is 0.639. The molecule has 1 aromatic rings. The normalized spacial score (nSPS) is 25.8. The number of nitrogens with one attached hydrogen (secondary N) is 1. The molecule has 19 heavy (non-hydrogen) atoms. The molecule has 4 heteroatoms. The van der Waals surface area contributed by atoms with Crippen molar-refractivity contribution in [2.24, 2.45) is 5.92 Å². The Hall–Kier alpha value is -1.00. The van der Waals surface area contributed by atoms with Crippen LogP contribution in [-0.4, -0.2) is 48.1 Å². The molecule has 0 bridgehead atoms. The highest BCUT2D eigenvalue weighted by atomic mass is 15.1. The Morgan fingerprint density at radius 3 is 2.89 bits per heavy atom. The fraction of sp³-hybridized carbons (Fsp3) is 0.733. The zero-order chi connectivity index (χ0) is 13.1.